The zero-order valence-electron chi connectivity index (χ0n) is 19.2. The van der Waals surface area contributed by atoms with Crippen LogP contribution < -0.4 is 5.32 Å². The van der Waals surface area contributed by atoms with Crippen molar-refractivity contribution in [3.8, 4) is 0 Å². The van der Waals surface area contributed by atoms with Gasteiger partial charge in [-0.05, 0) is 48.2 Å². The molecule has 0 saturated carbocycles. The summed E-state index contributed by atoms with van der Waals surface area (Å²) in [5.74, 6) is -3.37. The first-order valence-electron chi connectivity index (χ1n) is 10.9. The second-order valence-corrected chi connectivity index (χ2v) is 10.0. The summed E-state index contributed by atoms with van der Waals surface area (Å²) in [6.07, 6.45) is 0.315. The quantitative estimate of drug-likeness (QED) is 0.664. The van der Waals surface area contributed by atoms with Gasteiger partial charge in [-0.25, -0.2) is 8.78 Å². The number of halogens is 3. The minimum Gasteiger partial charge on any atom is -0.384 e. The Morgan fingerprint density at radius 2 is 1.73 bits per heavy atom. The standard InChI is InChI=1S/C25H29ClF2N2O3/c1-15(2)21(29-22(31)16-5-10-19(27)20(28)13-16)23(32)30-12-11-25(33,24(3,4)14-30)17-6-8-18(26)9-7-17/h5-10,13,15,21,33H,11-12,14H2,1-4H3,(H,29,31)/t21-,25+/m1/s1. The minimum atomic E-state index is -1.16. The molecule has 0 aliphatic carbocycles. The van der Waals surface area contributed by atoms with Gasteiger partial charge in [-0.3, -0.25) is 9.59 Å². The summed E-state index contributed by atoms with van der Waals surface area (Å²) in [5, 5.41) is 14.8. The van der Waals surface area contributed by atoms with Gasteiger partial charge >= 0.3 is 0 Å². The van der Waals surface area contributed by atoms with E-state index in [2.05, 4.69) is 5.32 Å². The predicted molar refractivity (Wildman–Crippen MR) is 123 cm³/mol. The van der Waals surface area contributed by atoms with Gasteiger partial charge in [0.2, 0.25) is 5.91 Å². The lowest BCUT2D eigenvalue weighted by molar-refractivity contribution is -0.155. The molecule has 0 unspecified atom stereocenters. The summed E-state index contributed by atoms with van der Waals surface area (Å²) >= 11 is 5.99. The Bertz CT molecular complexity index is 1040. The van der Waals surface area contributed by atoms with Crippen molar-refractivity contribution in [1.29, 1.82) is 0 Å². The summed E-state index contributed by atoms with van der Waals surface area (Å²) in [5.41, 5.74) is -1.17. The number of nitrogens with zero attached hydrogens (tertiary/aromatic N) is 1. The van der Waals surface area contributed by atoms with Crippen molar-refractivity contribution < 1.29 is 23.5 Å². The van der Waals surface area contributed by atoms with Gasteiger partial charge in [0.15, 0.2) is 11.6 Å². The molecule has 33 heavy (non-hydrogen) atoms. The minimum absolute atomic E-state index is 0.0663. The van der Waals surface area contributed by atoms with E-state index in [-0.39, 0.29) is 23.9 Å². The summed E-state index contributed by atoms with van der Waals surface area (Å²) in [7, 11) is 0. The fourth-order valence-electron chi connectivity index (χ4n) is 4.34. The van der Waals surface area contributed by atoms with E-state index in [1.807, 2.05) is 13.8 Å². The Morgan fingerprint density at radius 3 is 2.27 bits per heavy atom. The summed E-state index contributed by atoms with van der Waals surface area (Å²) < 4.78 is 26.8. The van der Waals surface area contributed by atoms with Crippen LogP contribution in [0, 0.1) is 23.0 Å². The van der Waals surface area contributed by atoms with Crippen LogP contribution in [0.2, 0.25) is 5.02 Å². The van der Waals surface area contributed by atoms with Gasteiger partial charge in [-0.1, -0.05) is 51.4 Å². The Morgan fingerprint density at radius 1 is 1.09 bits per heavy atom. The van der Waals surface area contributed by atoms with E-state index < -0.39 is 34.6 Å². The van der Waals surface area contributed by atoms with Crippen LogP contribution in [0.25, 0.3) is 0 Å². The molecule has 2 atom stereocenters. The van der Waals surface area contributed by atoms with Crippen LogP contribution in [0.15, 0.2) is 42.5 Å². The van der Waals surface area contributed by atoms with E-state index in [9.17, 15) is 23.5 Å². The number of piperidine rings is 1. The van der Waals surface area contributed by atoms with Gasteiger partial charge in [0.1, 0.15) is 6.04 Å². The molecule has 0 bridgehead atoms. The van der Waals surface area contributed by atoms with Crippen molar-refractivity contribution in [2.45, 2.75) is 45.8 Å². The molecule has 0 spiro atoms. The van der Waals surface area contributed by atoms with E-state index in [1.54, 1.807) is 43.0 Å². The first-order chi connectivity index (χ1) is 15.4. The van der Waals surface area contributed by atoms with Crippen molar-refractivity contribution in [3.05, 3.63) is 70.2 Å². The van der Waals surface area contributed by atoms with Crippen LogP contribution in [0.3, 0.4) is 0 Å². The van der Waals surface area contributed by atoms with Gasteiger partial charge < -0.3 is 15.3 Å². The lowest BCUT2D eigenvalue weighted by Gasteiger charge is -2.51. The van der Waals surface area contributed by atoms with Crippen LogP contribution >= 0.6 is 11.6 Å². The number of aliphatic hydroxyl groups is 1. The average molecular weight is 479 g/mol. The number of hydrogen-bond donors (Lipinski definition) is 2. The topological polar surface area (TPSA) is 69.6 Å². The second kappa shape index (κ2) is 9.39. The monoisotopic (exact) mass is 478 g/mol. The third kappa shape index (κ3) is 5.04. The first-order valence-corrected chi connectivity index (χ1v) is 11.3. The average Bonchev–Trinajstić information content (AvgIpc) is 2.75. The van der Waals surface area contributed by atoms with E-state index in [4.69, 9.17) is 11.6 Å². The zero-order valence-corrected chi connectivity index (χ0v) is 19.9. The van der Waals surface area contributed by atoms with Gasteiger partial charge in [-0.15, -0.1) is 0 Å². The Labute approximate surface area is 197 Å². The Hall–Kier alpha value is -2.51. The lowest BCUT2D eigenvalue weighted by atomic mass is 9.66. The van der Waals surface area contributed by atoms with Crippen molar-refractivity contribution >= 4 is 23.4 Å². The van der Waals surface area contributed by atoms with Crippen molar-refractivity contribution in [2.24, 2.45) is 11.3 Å². The normalized spacial score (nSPS) is 21.1. The number of amides is 2. The zero-order chi connectivity index (χ0) is 24.6. The SMILES string of the molecule is CC(C)[C@@H](NC(=O)c1ccc(F)c(F)c1)C(=O)N1CC[C@](O)(c2ccc(Cl)cc2)C(C)(C)C1. The largest absolute Gasteiger partial charge is 0.384 e. The van der Waals surface area contributed by atoms with Gasteiger partial charge in [-0.2, -0.15) is 0 Å². The van der Waals surface area contributed by atoms with Gasteiger partial charge in [0.05, 0.1) is 5.60 Å². The number of rotatable bonds is 5. The molecular formula is C25H29ClF2N2O3. The first kappa shape index (κ1) is 25.1. The third-order valence-corrected chi connectivity index (χ3v) is 6.74. The number of carbonyl (C=O) groups is 2. The molecular weight excluding hydrogens is 450 g/mol. The summed E-state index contributed by atoms with van der Waals surface area (Å²) in [6, 6.07) is 9.04. The number of benzene rings is 2. The van der Waals surface area contributed by atoms with Crippen LogP contribution in [-0.4, -0.2) is 41.0 Å². The van der Waals surface area contributed by atoms with Crippen LogP contribution in [0.4, 0.5) is 8.78 Å². The second-order valence-electron chi connectivity index (χ2n) is 9.58. The predicted octanol–water partition coefficient (Wildman–Crippen LogP) is 4.52. The molecule has 1 saturated heterocycles. The van der Waals surface area contributed by atoms with Crippen molar-refractivity contribution in [1.82, 2.24) is 10.2 Å². The molecule has 1 heterocycles. The van der Waals surface area contributed by atoms with Crippen molar-refractivity contribution in [2.75, 3.05) is 13.1 Å². The van der Waals surface area contributed by atoms with E-state index in [0.29, 0.717) is 18.0 Å². The van der Waals surface area contributed by atoms with E-state index in [0.717, 1.165) is 17.7 Å². The number of hydrogen-bond acceptors (Lipinski definition) is 3. The van der Waals surface area contributed by atoms with Gasteiger partial charge in [0.25, 0.3) is 5.91 Å². The molecule has 1 fully saturated rings. The highest BCUT2D eigenvalue weighted by Crippen LogP contribution is 2.46. The molecule has 2 amide bonds. The molecule has 178 valence electrons. The molecule has 8 heteroatoms. The highest BCUT2D eigenvalue weighted by atomic mass is 35.5. The van der Waals surface area contributed by atoms with E-state index in [1.165, 1.54) is 6.07 Å². The molecule has 2 aromatic carbocycles. The lowest BCUT2D eigenvalue weighted by Crippen LogP contribution is -2.60. The number of likely N-dealkylation sites (tertiary alicyclic amines) is 1. The molecule has 0 aromatic heterocycles. The number of nitrogens with one attached hydrogen (secondary N) is 1. The fourth-order valence-corrected chi connectivity index (χ4v) is 4.47. The molecule has 1 aliphatic rings. The maximum atomic E-state index is 13.5. The third-order valence-electron chi connectivity index (χ3n) is 6.48. The van der Waals surface area contributed by atoms with E-state index >= 15 is 0 Å². The molecule has 0 radical (unpaired) electrons. The maximum absolute atomic E-state index is 13.5. The number of carbonyl (C=O) groups excluding carboxylic acids is 2. The fraction of sp³-hybridized carbons (Fsp3) is 0.440. The smallest absolute Gasteiger partial charge is 0.252 e. The van der Waals surface area contributed by atoms with Gasteiger partial charge in [0, 0.05) is 29.1 Å². The van der Waals surface area contributed by atoms with Crippen molar-refractivity contribution in [3.63, 3.8) is 0 Å². The van der Waals surface area contributed by atoms with Crippen LogP contribution in [-0.2, 0) is 10.4 Å². The molecule has 5 nitrogen and oxygen atoms in total. The molecule has 2 N–H and O–H groups in total. The van der Waals surface area contributed by atoms with Crippen LogP contribution in [0.1, 0.15) is 50.0 Å². The Kier molecular flexibility index (Phi) is 7.15. The molecule has 1 aliphatic heterocycles. The molecule has 3 rings (SSSR count). The molecule has 2 aromatic rings. The summed E-state index contributed by atoms with van der Waals surface area (Å²) in [4.78, 5) is 27.7. The highest BCUT2D eigenvalue weighted by Gasteiger charge is 2.50. The Balaban J connectivity index is 1.77. The van der Waals surface area contributed by atoms with Crippen LogP contribution in [0.5, 0.6) is 0 Å². The highest BCUT2D eigenvalue weighted by molar-refractivity contribution is 6.30. The maximum Gasteiger partial charge on any atom is 0.252 e. The summed E-state index contributed by atoms with van der Waals surface area (Å²) in [6.45, 7) is 7.96.